The van der Waals surface area contributed by atoms with Crippen LogP contribution in [-0.4, -0.2) is 341 Å². The summed E-state index contributed by atoms with van der Waals surface area (Å²) in [5.74, 6) is -15.7. The molecule has 2 fully saturated rings. The van der Waals surface area contributed by atoms with Gasteiger partial charge in [0, 0.05) is 59.3 Å². The van der Waals surface area contributed by atoms with Gasteiger partial charge >= 0.3 is 24.4 Å². The van der Waals surface area contributed by atoms with Crippen LogP contribution in [-0.2, 0) is 116 Å². The van der Waals surface area contributed by atoms with Gasteiger partial charge in [-0.3, -0.25) is 71.9 Å². The van der Waals surface area contributed by atoms with Crippen molar-refractivity contribution in [3.63, 3.8) is 0 Å². The van der Waals surface area contributed by atoms with Gasteiger partial charge in [0.15, 0.2) is 0 Å². The van der Waals surface area contributed by atoms with Crippen LogP contribution in [0.5, 0.6) is 0 Å². The van der Waals surface area contributed by atoms with Crippen LogP contribution in [0.1, 0.15) is 214 Å². The Labute approximate surface area is 842 Å². The average Bonchev–Trinajstić information content (AvgIpc) is 1.67. The third-order valence-corrected chi connectivity index (χ3v) is 21.4. The fraction of sp³-hybridized carbons (Fsp3) is 0.719. The van der Waals surface area contributed by atoms with Gasteiger partial charge in [0.25, 0.3) is 0 Å². The Morgan fingerprint density at radius 3 is 1.31 bits per heavy atom. The van der Waals surface area contributed by atoms with Gasteiger partial charge in [0.1, 0.15) is 95.5 Å². The number of alkyl carbamates (subject to hydrolysis) is 4. The van der Waals surface area contributed by atoms with Crippen LogP contribution < -0.4 is 95.7 Å². The van der Waals surface area contributed by atoms with Crippen molar-refractivity contribution in [2.24, 2.45) is 17.8 Å². The van der Waals surface area contributed by atoms with Gasteiger partial charge in [-0.2, -0.15) is 0 Å². The van der Waals surface area contributed by atoms with Crippen molar-refractivity contribution in [3.05, 3.63) is 35.9 Å². The molecule has 48 nitrogen and oxygen atoms in total. The number of likely N-dealkylation sites (N-methyl/N-ethyl adjacent to an activating group) is 1. The molecule has 812 valence electrons. The van der Waals surface area contributed by atoms with Gasteiger partial charge in [-0.05, 0) is 160 Å². The van der Waals surface area contributed by atoms with E-state index in [4.69, 9.17) is 44.3 Å². The smallest absolute Gasteiger partial charge is 0.407 e. The summed E-state index contributed by atoms with van der Waals surface area (Å²) >= 11 is 0. The first-order chi connectivity index (χ1) is 67.6. The van der Waals surface area contributed by atoms with Gasteiger partial charge in [-0.25, -0.2) is 19.2 Å². The molecule has 2 aliphatic rings. The first-order valence-corrected chi connectivity index (χ1v) is 49.0. The topological polar surface area (TPSA) is 658 Å². The van der Waals surface area contributed by atoms with Crippen molar-refractivity contribution in [2.45, 2.75) is 316 Å². The number of unbranched alkanes of at least 4 members (excludes halogenated alkanes) is 2. The standard InChI is InChI=1S/C96H159N19O29/c1-21-24-31-63(78(122)97-20)105-76(120)61-55-115(73(119)38-45-138-47-49-140-51-50-139-48-46-137-44-23-3)56-62(61)77(121)106-64(32-25-22-2)79(123)108-68(36-42-101-91(135)143-95(14,15)16)84(128)114-75(59(7)117)88(132)103-54-72(118)104-65-33-39-98-87(131)74(58(6)116)113-83(127)69(37-43-102-92(136)144-96(17,18)19)109-81(125)66(34-40-99-89(133)141-93(8,9)10)110-85(129)70(52-57(4)5)111-86(130)71(53-60-29-27-26-28-30-60)112-82(126)67(107-80(65)124)35-41-100-90(134)142-94(11,12)13/h3,26-30,57-59,61-71,74-75,116-117H,21-22,24-25,31-56H2,1-2,4-20H3,(H,97,122)(H,98,131)(H,99,133)(H,100,134)(H,101,135)(H,102,136)(H,103,132)(H,104,118)(H,105,120)(H,106,121)(H,107,124)(H,108,123)(H,109,125)(H,110,129)(H,111,130)(H,112,126)(H,113,127)(H,114,128)/t58-,59-,61-,62-,63+,64+,65+,66+,67+,68+,69+,70+,71-,74+,75+/m1/s1. The zero-order valence-electron chi connectivity index (χ0n) is 86.8. The highest BCUT2D eigenvalue weighted by molar-refractivity contribution is 6.01. The van der Waals surface area contributed by atoms with Crippen LogP contribution in [0.2, 0.25) is 0 Å². The Hall–Kier alpha value is -12.3. The molecule has 1 aromatic carbocycles. The fourth-order valence-electron chi connectivity index (χ4n) is 14.3. The zero-order chi connectivity index (χ0) is 108. The minimum Gasteiger partial charge on any atom is -0.444 e. The first kappa shape index (κ1) is 126. The second-order valence-corrected chi connectivity index (χ2v) is 39.3. The molecule has 15 atom stereocenters. The first-order valence-electron chi connectivity index (χ1n) is 49.0. The van der Waals surface area contributed by atoms with E-state index < -0.39 is 297 Å². The molecule has 3 rings (SSSR count). The molecule has 0 spiro atoms. The Morgan fingerprint density at radius 1 is 0.472 bits per heavy atom. The summed E-state index contributed by atoms with van der Waals surface area (Å²) in [7, 11) is 1.39. The van der Waals surface area contributed by atoms with E-state index >= 15 is 14.4 Å². The Morgan fingerprint density at radius 2 is 0.875 bits per heavy atom. The summed E-state index contributed by atoms with van der Waals surface area (Å²) in [5, 5.41) is 68.2. The number of rotatable bonds is 50. The molecular formula is C96H159N19O29. The van der Waals surface area contributed by atoms with E-state index in [-0.39, 0.29) is 97.8 Å². The molecule has 0 radical (unpaired) electrons. The highest BCUT2D eigenvalue weighted by Gasteiger charge is 2.46. The summed E-state index contributed by atoms with van der Waals surface area (Å²) in [6.45, 7) is 25.8. The predicted molar refractivity (Wildman–Crippen MR) is 524 cm³/mol. The molecule has 0 bridgehead atoms. The summed E-state index contributed by atoms with van der Waals surface area (Å²) in [6, 6.07) is -10.4. The van der Waals surface area contributed by atoms with E-state index in [9.17, 15) is 86.9 Å². The molecule has 1 aromatic rings. The van der Waals surface area contributed by atoms with Crippen molar-refractivity contribution < 1.29 is 139 Å². The molecule has 0 aliphatic carbocycles. The number of aliphatic hydroxyl groups excluding tert-OH is 2. The molecule has 19 amide bonds. The third-order valence-electron chi connectivity index (χ3n) is 21.4. The van der Waals surface area contributed by atoms with Gasteiger partial charge in [0.2, 0.25) is 88.6 Å². The van der Waals surface area contributed by atoms with E-state index in [0.29, 0.717) is 38.0 Å². The maximum Gasteiger partial charge on any atom is 0.407 e. The van der Waals surface area contributed by atoms with Gasteiger partial charge in [0.05, 0.1) is 83.3 Å². The molecular weight excluding hydrogens is 1880 g/mol. The number of nitrogens with zero attached hydrogens (tertiary/aromatic N) is 1. The van der Waals surface area contributed by atoms with E-state index in [1.165, 1.54) is 11.9 Å². The van der Waals surface area contributed by atoms with Crippen molar-refractivity contribution in [1.29, 1.82) is 0 Å². The highest BCUT2D eigenvalue weighted by Crippen LogP contribution is 2.27. The van der Waals surface area contributed by atoms with E-state index in [1.807, 2.05) is 6.92 Å². The summed E-state index contributed by atoms with van der Waals surface area (Å²) < 4.78 is 43.4. The summed E-state index contributed by atoms with van der Waals surface area (Å²) in [5.41, 5.74) is -3.61. The van der Waals surface area contributed by atoms with Gasteiger partial charge < -0.3 is 149 Å². The number of terminal acetylenes is 1. The quantitative estimate of drug-likeness (QED) is 0.0210. The number of nitrogens with one attached hydrogen (secondary N) is 18. The number of likely N-dealkylation sites (tertiary alicyclic amines) is 1. The van der Waals surface area contributed by atoms with Crippen LogP contribution in [0.4, 0.5) is 19.2 Å². The molecule has 2 saturated heterocycles. The lowest BCUT2D eigenvalue weighted by Crippen LogP contribution is -2.61. The second-order valence-electron chi connectivity index (χ2n) is 39.3. The molecule has 144 heavy (non-hydrogen) atoms. The molecule has 2 heterocycles. The van der Waals surface area contributed by atoms with Crippen molar-refractivity contribution in [3.8, 4) is 12.3 Å². The van der Waals surface area contributed by atoms with Crippen molar-refractivity contribution >= 4 is 113 Å². The van der Waals surface area contributed by atoms with Crippen LogP contribution in [0.15, 0.2) is 30.3 Å². The monoisotopic (exact) mass is 2040 g/mol. The number of hydrogen-bond donors (Lipinski definition) is 20. The number of benzene rings is 1. The molecule has 0 aromatic heterocycles. The summed E-state index contributed by atoms with van der Waals surface area (Å²) in [4.78, 5) is 273. The maximum absolute atomic E-state index is 15.2. The molecule has 0 unspecified atom stereocenters. The number of hydrogen-bond acceptors (Lipinski definition) is 29. The average molecular weight is 2040 g/mol. The molecule has 20 N–H and O–H groups in total. The van der Waals surface area contributed by atoms with Crippen LogP contribution in [0.25, 0.3) is 0 Å². The van der Waals surface area contributed by atoms with Gasteiger partial charge in [-0.15, -0.1) is 6.42 Å². The lowest BCUT2D eigenvalue weighted by atomic mass is 9.93. The minimum atomic E-state index is -2.02. The van der Waals surface area contributed by atoms with E-state index in [0.717, 1.165) is 13.8 Å². The third kappa shape index (κ3) is 51.8. The van der Waals surface area contributed by atoms with Crippen LogP contribution in [0, 0.1) is 30.1 Å². The highest BCUT2D eigenvalue weighted by atomic mass is 16.6. The Balaban J connectivity index is 2.21. The number of carbonyl (C=O) groups excluding carboxylic acids is 19. The minimum absolute atomic E-state index is 0.0774. The number of carbonyl (C=O) groups is 19. The molecule has 48 heteroatoms. The Kier molecular flexibility index (Phi) is 56.3. The van der Waals surface area contributed by atoms with Gasteiger partial charge in [-0.1, -0.05) is 89.6 Å². The number of amides is 19. The van der Waals surface area contributed by atoms with Crippen molar-refractivity contribution in [2.75, 3.05) is 112 Å². The molecule has 0 saturated carbocycles. The second kappa shape index (κ2) is 64.4. The lowest BCUT2D eigenvalue weighted by Gasteiger charge is -2.29. The van der Waals surface area contributed by atoms with Crippen LogP contribution in [0.3, 0.4) is 0 Å². The number of aliphatic hydroxyl groups is 2. The lowest BCUT2D eigenvalue weighted by molar-refractivity contribution is -0.137. The Bertz CT molecular complexity index is 4380. The normalized spacial score (nSPS) is 19.9. The SMILES string of the molecule is C#CCOCCOCCOCCOCCC(=O)N1C[C@@H](C(=O)N[C@@H](CCCC)C(=O)NC)[C@H](C(=O)N[C@@H](CCCC)C(=O)N[C@@H](CCNC(=O)OC(C)(C)C)C(=O)N[C@H](C(=O)NCC(=O)N[C@H]2CCNC(=O)[C@H]([C@@H](C)O)NC(=O)[C@H](CCNC(=O)OC(C)(C)C)NC(=O)[C@H](CCNC(=O)OC(C)(C)C)NC(=O)[C@H](CC(C)C)NC(=O)[C@@H](Cc3ccccc3)NC(=O)[C@H](CCNC(=O)OC(C)(C)C)NC2=O)[C@@H](C)O)C1. The van der Waals surface area contributed by atoms with Crippen molar-refractivity contribution in [1.82, 2.24) is 101 Å². The fourth-order valence-corrected chi connectivity index (χ4v) is 14.3. The van der Waals surface area contributed by atoms with E-state index in [2.05, 4.69) is 102 Å². The largest absolute Gasteiger partial charge is 0.444 e. The van der Waals surface area contributed by atoms with E-state index in [1.54, 1.807) is 134 Å². The number of ether oxygens (including phenoxy) is 8. The van der Waals surface area contributed by atoms with Crippen LogP contribution >= 0.6 is 0 Å². The predicted octanol–water partition coefficient (Wildman–Crippen LogP) is -1.04. The maximum atomic E-state index is 15.2. The zero-order valence-corrected chi connectivity index (χ0v) is 86.8. The molecule has 2 aliphatic heterocycles. The summed E-state index contributed by atoms with van der Waals surface area (Å²) in [6.07, 6.45) is -3.34.